The van der Waals surface area contributed by atoms with Crippen molar-refractivity contribution < 1.29 is 17.9 Å². The molecule has 188 valence electrons. The molecule has 0 spiro atoms. The number of ether oxygens (including phenoxy) is 1. The predicted molar refractivity (Wildman–Crippen MR) is 137 cm³/mol. The standard InChI is InChI=1S/C27H28F3N5O/c1-16(2)35-17(3)15-36-27-22(30)12-18(13-24(27)35)26-20(28)5-7-25(33-26)32-19-4-6-23(21(29)14-19)34-10-8-31-9-11-34/h4-7,12-14,16,31H,3,8-11,15H2,1-2H3,(H,32,33). The number of benzene rings is 2. The lowest BCUT2D eigenvalue weighted by Gasteiger charge is -2.36. The quantitative estimate of drug-likeness (QED) is 0.492. The fourth-order valence-corrected chi connectivity index (χ4v) is 4.69. The largest absolute Gasteiger partial charge is 0.482 e. The highest BCUT2D eigenvalue weighted by atomic mass is 19.1. The van der Waals surface area contributed by atoms with E-state index in [0.717, 1.165) is 26.2 Å². The van der Waals surface area contributed by atoms with Gasteiger partial charge in [-0.3, -0.25) is 0 Å². The molecular weight excluding hydrogens is 467 g/mol. The summed E-state index contributed by atoms with van der Waals surface area (Å²) in [6, 6.07) is 10.4. The Kier molecular flexibility index (Phi) is 6.49. The second kappa shape index (κ2) is 9.73. The molecule has 2 aromatic carbocycles. The summed E-state index contributed by atoms with van der Waals surface area (Å²) in [7, 11) is 0. The molecule has 1 fully saturated rings. The Labute approximate surface area is 208 Å². The summed E-state index contributed by atoms with van der Waals surface area (Å²) in [5.41, 5.74) is 2.41. The van der Waals surface area contributed by atoms with Gasteiger partial charge in [-0.1, -0.05) is 6.58 Å². The van der Waals surface area contributed by atoms with Crippen LogP contribution in [0.4, 0.5) is 36.1 Å². The molecule has 6 nitrogen and oxygen atoms in total. The minimum absolute atomic E-state index is 0.000301. The second-order valence-electron chi connectivity index (χ2n) is 9.18. The normalized spacial score (nSPS) is 15.7. The van der Waals surface area contributed by atoms with Crippen LogP contribution in [0.25, 0.3) is 11.3 Å². The molecule has 9 heteroatoms. The molecule has 36 heavy (non-hydrogen) atoms. The van der Waals surface area contributed by atoms with E-state index in [2.05, 4.69) is 22.2 Å². The molecule has 0 bridgehead atoms. The van der Waals surface area contributed by atoms with Gasteiger partial charge in [0.05, 0.1) is 11.4 Å². The third kappa shape index (κ3) is 4.58. The van der Waals surface area contributed by atoms with Crippen molar-refractivity contribution in [3.05, 3.63) is 72.2 Å². The van der Waals surface area contributed by atoms with E-state index in [-0.39, 0.29) is 35.5 Å². The van der Waals surface area contributed by atoms with E-state index >= 15 is 0 Å². The minimum atomic E-state index is -0.606. The Balaban J connectivity index is 1.45. The average molecular weight is 496 g/mol. The zero-order chi connectivity index (χ0) is 25.4. The number of nitrogens with one attached hydrogen (secondary N) is 2. The van der Waals surface area contributed by atoms with Gasteiger partial charge in [0, 0.05) is 49.2 Å². The lowest BCUT2D eigenvalue weighted by Crippen LogP contribution is -2.43. The van der Waals surface area contributed by atoms with Crippen molar-refractivity contribution in [1.29, 1.82) is 0 Å². The molecule has 2 N–H and O–H groups in total. The molecule has 0 unspecified atom stereocenters. The predicted octanol–water partition coefficient (Wildman–Crippen LogP) is 5.44. The van der Waals surface area contributed by atoms with Crippen LogP contribution in [0.3, 0.4) is 0 Å². The molecule has 3 aromatic rings. The molecule has 3 heterocycles. The topological polar surface area (TPSA) is 52.7 Å². The Bertz CT molecular complexity index is 1310. The average Bonchev–Trinajstić information content (AvgIpc) is 2.85. The van der Waals surface area contributed by atoms with Crippen molar-refractivity contribution in [2.45, 2.75) is 19.9 Å². The van der Waals surface area contributed by atoms with Crippen molar-refractivity contribution in [3.8, 4) is 17.0 Å². The van der Waals surface area contributed by atoms with E-state index in [1.165, 1.54) is 24.3 Å². The number of pyridine rings is 1. The first kappa shape index (κ1) is 24.0. The molecule has 0 saturated carbocycles. The molecule has 0 aliphatic carbocycles. The van der Waals surface area contributed by atoms with Gasteiger partial charge in [-0.05, 0) is 56.3 Å². The summed E-state index contributed by atoms with van der Waals surface area (Å²) in [5, 5.41) is 6.28. The van der Waals surface area contributed by atoms with Crippen LogP contribution in [0.2, 0.25) is 0 Å². The lowest BCUT2D eigenvalue weighted by atomic mass is 10.1. The third-order valence-corrected chi connectivity index (χ3v) is 6.32. The summed E-state index contributed by atoms with van der Waals surface area (Å²) in [4.78, 5) is 8.25. The van der Waals surface area contributed by atoms with Gasteiger partial charge in [0.15, 0.2) is 11.6 Å². The van der Waals surface area contributed by atoms with Crippen molar-refractivity contribution in [2.75, 3.05) is 47.9 Å². The molecule has 1 saturated heterocycles. The molecule has 0 radical (unpaired) electrons. The van der Waals surface area contributed by atoms with Gasteiger partial charge in [0.25, 0.3) is 0 Å². The van der Waals surface area contributed by atoms with Gasteiger partial charge >= 0.3 is 0 Å². The van der Waals surface area contributed by atoms with Gasteiger partial charge in [0.2, 0.25) is 0 Å². The number of hydrogen-bond acceptors (Lipinski definition) is 6. The maximum Gasteiger partial charge on any atom is 0.179 e. The lowest BCUT2D eigenvalue weighted by molar-refractivity contribution is 0.314. The number of nitrogens with zero attached hydrogens (tertiary/aromatic N) is 3. The molecule has 5 rings (SSSR count). The molecule has 2 aliphatic heterocycles. The van der Waals surface area contributed by atoms with Gasteiger partial charge in [-0.25, -0.2) is 18.2 Å². The number of anilines is 4. The van der Waals surface area contributed by atoms with Gasteiger partial charge in [-0.15, -0.1) is 0 Å². The Morgan fingerprint density at radius 1 is 0.972 bits per heavy atom. The third-order valence-electron chi connectivity index (χ3n) is 6.32. The van der Waals surface area contributed by atoms with Crippen LogP contribution in [-0.2, 0) is 0 Å². The van der Waals surface area contributed by atoms with Gasteiger partial charge in [-0.2, -0.15) is 0 Å². The van der Waals surface area contributed by atoms with Crippen LogP contribution in [0.1, 0.15) is 13.8 Å². The zero-order valence-corrected chi connectivity index (χ0v) is 20.2. The first-order valence-electron chi connectivity index (χ1n) is 11.9. The Morgan fingerprint density at radius 2 is 1.75 bits per heavy atom. The first-order chi connectivity index (χ1) is 17.3. The van der Waals surface area contributed by atoms with Crippen LogP contribution >= 0.6 is 0 Å². The van der Waals surface area contributed by atoms with E-state index in [9.17, 15) is 13.2 Å². The molecule has 0 atom stereocenters. The summed E-state index contributed by atoms with van der Waals surface area (Å²) in [6.07, 6.45) is 0. The van der Waals surface area contributed by atoms with E-state index in [1.807, 2.05) is 23.6 Å². The monoisotopic (exact) mass is 495 g/mol. The maximum absolute atomic E-state index is 15.0. The number of halogens is 3. The molecule has 0 amide bonds. The van der Waals surface area contributed by atoms with Crippen molar-refractivity contribution in [2.24, 2.45) is 0 Å². The Morgan fingerprint density at radius 3 is 2.47 bits per heavy atom. The van der Waals surface area contributed by atoms with Crippen LogP contribution in [0.15, 0.2) is 54.7 Å². The van der Waals surface area contributed by atoms with Crippen molar-refractivity contribution in [3.63, 3.8) is 0 Å². The van der Waals surface area contributed by atoms with E-state index in [1.54, 1.807) is 18.2 Å². The summed E-state index contributed by atoms with van der Waals surface area (Å²) in [6.45, 7) is 11.2. The molecule has 2 aliphatic rings. The highest BCUT2D eigenvalue weighted by molar-refractivity contribution is 5.75. The highest BCUT2D eigenvalue weighted by Gasteiger charge is 2.28. The van der Waals surface area contributed by atoms with Crippen LogP contribution in [0, 0.1) is 17.5 Å². The van der Waals surface area contributed by atoms with Crippen LogP contribution in [-0.4, -0.2) is 43.8 Å². The fraction of sp³-hybridized carbons (Fsp3) is 0.296. The number of piperazine rings is 1. The minimum Gasteiger partial charge on any atom is -0.482 e. The summed E-state index contributed by atoms with van der Waals surface area (Å²) in [5.74, 6) is -1.15. The smallest absolute Gasteiger partial charge is 0.179 e. The van der Waals surface area contributed by atoms with Gasteiger partial charge in [0.1, 0.15) is 29.8 Å². The highest BCUT2D eigenvalue weighted by Crippen LogP contribution is 2.41. The summed E-state index contributed by atoms with van der Waals surface area (Å²) < 4.78 is 50.3. The van der Waals surface area contributed by atoms with E-state index in [4.69, 9.17) is 4.74 Å². The van der Waals surface area contributed by atoms with E-state index in [0.29, 0.717) is 28.6 Å². The van der Waals surface area contributed by atoms with Crippen molar-refractivity contribution in [1.82, 2.24) is 10.3 Å². The SMILES string of the molecule is C=C1COc2c(F)cc(-c3nc(Nc4ccc(N5CCNCC5)c(F)c4)ccc3F)cc2N1C(C)C. The summed E-state index contributed by atoms with van der Waals surface area (Å²) >= 11 is 0. The number of hydrogen-bond donors (Lipinski definition) is 2. The fourth-order valence-electron chi connectivity index (χ4n) is 4.69. The van der Waals surface area contributed by atoms with Crippen molar-refractivity contribution >= 4 is 22.9 Å². The first-order valence-corrected chi connectivity index (χ1v) is 11.9. The number of aromatic nitrogens is 1. The van der Waals surface area contributed by atoms with Crippen LogP contribution in [0.5, 0.6) is 5.75 Å². The zero-order valence-electron chi connectivity index (χ0n) is 20.2. The second-order valence-corrected chi connectivity index (χ2v) is 9.18. The maximum atomic E-state index is 15.0. The Hall–Kier alpha value is -3.72. The number of fused-ring (bicyclic) bond motifs is 1. The van der Waals surface area contributed by atoms with Crippen LogP contribution < -0.4 is 25.2 Å². The molecule has 1 aromatic heterocycles. The van der Waals surface area contributed by atoms with Gasteiger partial charge < -0.3 is 25.2 Å². The molecular formula is C27H28F3N5O. The number of rotatable bonds is 5. The van der Waals surface area contributed by atoms with E-state index < -0.39 is 11.6 Å².